The summed E-state index contributed by atoms with van der Waals surface area (Å²) in [5, 5.41) is 9.86. The number of nitriles is 1. The van der Waals surface area contributed by atoms with E-state index in [1.165, 1.54) is 0 Å². The minimum atomic E-state index is 0.665. The van der Waals surface area contributed by atoms with Crippen molar-refractivity contribution in [1.82, 2.24) is 4.40 Å². The molecule has 0 radical (unpaired) electrons. The molecule has 2 heterocycles. The highest BCUT2D eigenvalue weighted by molar-refractivity contribution is 5.86. The SMILES string of the molecule is N#Cc1ccc2cc3occn3c2c1. The van der Waals surface area contributed by atoms with E-state index in [9.17, 15) is 0 Å². The van der Waals surface area contributed by atoms with Crippen LogP contribution in [0.25, 0.3) is 16.6 Å². The van der Waals surface area contributed by atoms with Gasteiger partial charge in [-0.2, -0.15) is 5.26 Å². The summed E-state index contributed by atoms with van der Waals surface area (Å²) in [4.78, 5) is 0. The number of hydrogen-bond acceptors (Lipinski definition) is 2. The summed E-state index contributed by atoms with van der Waals surface area (Å²) in [7, 11) is 0. The number of benzene rings is 1. The monoisotopic (exact) mass is 182 g/mol. The molecule has 0 N–H and O–H groups in total. The lowest BCUT2D eigenvalue weighted by Crippen LogP contribution is -1.78. The molecule has 14 heavy (non-hydrogen) atoms. The Bertz CT molecular complexity index is 655. The van der Waals surface area contributed by atoms with Crippen LogP contribution in [0.2, 0.25) is 0 Å². The number of fused-ring (bicyclic) bond motifs is 3. The van der Waals surface area contributed by atoms with Crippen molar-refractivity contribution in [3.8, 4) is 6.07 Å². The van der Waals surface area contributed by atoms with Gasteiger partial charge in [0, 0.05) is 17.6 Å². The summed E-state index contributed by atoms with van der Waals surface area (Å²) in [5.74, 6) is 0. The average Bonchev–Trinajstić information content (AvgIpc) is 2.76. The molecule has 1 aromatic carbocycles. The Morgan fingerprint density at radius 1 is 1.29 bits per heavy atom. The summed E-state index contributed by atoms with van der Waals surface area (Å²) in [5.41, 5.74) is 2.47. The lowest BCUT2D eigenvalue weighted by Gasteiger charge is -1.91. The van der Waals surface area contributed by atoms with E-state index < -0.39 is 0 Å². The normalized spacial score (nSPS) is 10.8. The molecule has 0 saturated carbocycles. The van der Waals surface area contributed by atoms with Crippen molar-refractivity contribution in [2.45, 2.75) is 0 Å². The third kappa shape index (κ3) is 0.798. The summed E-state index contributed by atoms with van der Waals surface area (Å²) in [6, 6.07) is 9.67. The van der Waals surface area contributed by atoms with Crippen molar-refractivity contribution in [2.75, 3.05) is 0 Å². The molecule has 0 unspecified atom stereocenters. The van der Waals surface area contributed by atoms with Gasteiger partial charge < -0.3 is 4.42 Å². The van der Waals surface area contributed by atoms with Crippen molar-refractivity contribution in [2.24, 2.45) is 0 Å². The number of nitrogens with zero attached hydrogens (tertiary/aromatic N) is 2. The first kappa shape index (κ1) is 7.22. The third-order valence-corrected chi connectivity index (χ3v) is 2.33. The maximum atomic E-state index is 8.77. The van der Waals surface area contributed by atoms with Crippen LogP contribution in [0.3, 0.4) is 0 Å². The maximum absolute atomic E-state index is 8.77. The lowest BCUT2D eigenvalue weighted by molar-refractivity contribution is 0.609. The van der Waals surface area contributed by atoms with Gasteiger partial charge in [-0.15, -0.1) is 0 Å². The molecular weight excluding hydrogens is 176 g/mol. The van der Waals surface area contributed by atoms with E-state index in [-0.39, 0.29) is 0 Å². The fourth-order valence-electron chi connectivity index (χ4n) is 1.67. The Hall–Kier alpha value is -2.21. The average molecular weight is 182 g/mol. The van der Waals surface area contributed by atoms with Crippen LogP contribution in [-0.2, 0) is 0 Å². The predicted molar refractivity (Wildman–Crippen MR) is 51.9 cm³/mol. The second-order valence-corrected chi connectivity index (χ2v) is 3.14. The van der Waals surface area contributed by atoms with Crippen LogP contribution >= 0.6 is 0 Å². The minimum absolute atomic E-state index is 0.665. The molecule has 0 aliphatic heterocycles. The maximum Gasteiger partial charge on any atom is 0.204 e. The Morgan fingerprint density at radius 2 is 2.21 bits per heavy atom. The fraction of sp³-hybridized carbons (Fsp3) is 0. The van der Waals surface area contributed by atoms with Gasteiger partial charge in [0.1, 0.15) is 6.26 Å². The number of aromatic nitrogens is 1. The molecule has 0 fully saturated rings. The highest BCUT2D eigenvalue weighted by atomic mass is 16.3. The summed E-state index contributed by atoms with van der Waals surface area (Å²) in [6.45, 7) is 0. The molecule has 3 heteroatoms. The van der Waals surface area contributed by atoms with E-state index >= 15 is 0 Å². The smallest absolute Gasteiger partial charge is 0.204 e. The minimum Gasteiger partial charge on any atom is -0.447 e. The highest BCUT2D eigenvalue weighted by Crippen LogP contribution is 2.21. The van der Waals surface area contributed by atoms with E-state index in [0.29, 0.717) is 5.56 Å². The first-order valence-corrected chi connectivity index (χ1v) is 4.27. The molecule has 0 aliphatic rings. The molecule has 0 amide bonds. The molecule has 0 saturated heterocycles. The Morgan fingerprint density at radius 3 is 3.07 bits per heavy atom. The molecular formula is C11H6N2O. The van der Waals surface area contributed by atoms with Crippen LogP contribution < -0.4 is 0 Å². The largest absolute Gasteiger partial charge is 0.447 e. The van der Waals surface area contributed by atoms with Gasteiger partial charge in [0.15, 0.2) is 0 Å². The van der Waals surface area contributed by atoms with E-state index in [4.69, 9.17) is 9.68 Å². The molecule has 3 aromatic rings. The molecule has 0 bridgehead atoms. The summed E-state index contributed by atoms with van der Waals surface area (Å²) >= 11 is 0. The van der Waals surface area contributed by atoms with Crippen molar-refractivity contribution in [1.29, 1.82) is 5.26 Å². The zero-order chi connectivity index (χ0) is 9.54. The van der Waals surface area contributed by atoms with Gasteiger partial charge in [-0.1, -0.05) is 6.07 Å². The second kappa shape index (κ2) is 2.39. The molecule has 0 spiro atoms. The van der Waals surface area contributed by atoms with Crippen LogP contribution in [-0.4, -0.2) is 4.40 Å². The van der Waals surface area contributed by atoms with E-state index in [1.54, 1.807) is 6.26 Å². The van der Waals surface area contributed by atoms with Crippen LogP contribution in [0.4, 0.5) is 0 Å². The van der Waals surface area contributed by atoms with Crippen molar-refractivity contribution in [3.63, 3.8) is 0 Å². The van der Waals surface area contributed by atoms with Crippen LogP contribution in [0, 0.1) is 11.3 Å². The summed E-state index contributed by atoms with van der Waals surface area (Å²) < 4.78 is 7.18. The van der Waals surface area contributed by atoms with Gasteiger partial charge in [0.05, 0.1) is 17.1 Å². The topological polar surface area (TPSA) is 41.3 Å². The number of oxazole rings is 1. The van der Waals surface area contributed by atoms with Crippen LogP contribution in [0.15, 0.2) is 41.1 Å². The number of rotatable bonds is 0. The van der Waals surface area contributed by atoms with Gasteiger partial charge in [0.2, 0.25) is 5.71 Å². The van der Waals surface area contributed by atoms with E-state index in [2.05, 4.69) is 6.07 Å². The zero-order valence-electron chi connectivity index (χ0n) is 7.27. The first-order valence-electron chi connectivity index (χ1n) is 4.27. The standard InChI is InChI=1S/C11H6N2O/c12-7-8-1-2-9-6-11-13(3-4-14-11)10(9)5-8/h1-6H. The van der Waals surface area contributed by atoms with Gasteiger partial charge in [-0.25, -0.2) is 0 Å². The predicted octanol–water partition coefficient (Wildman–Crippen LogP) is 2.56. The lowest BCUT2D eigenvalue weighted by atomic mass is 10.2. The molecule has 66 valence electrons. The van der Waals surface area contributed by atoms with Gasteiger partial charge in [-0.3, -0.25) is 4.40 Å². The fourth-order valence-corrected chi connectivity index (χ4v) is 1.67. The second-order valence-electron chi connectivity index (χ2n) is 3.14. The Balaban J connectivity index is 2.54. The third-order valence-electron chi connectivity index (χ3n) is 2.33. The van der Waals surface area contributed by atoms with Crippen molar-refractivity contribution >= 4 is 16.6 Å². The van der Waals surface area contributed by atoms with Crippen molar-refractivity contribution < 1.29 is 4.42 Å². The Kier molecular flexibility index (Phi) is 1.23. The quantitative estimate of drug-likeness (QED) is 0.536. The highest BCUT2D eigenvalue weighted by Gasteiger charge is 2.04. The van der Waals surface area contributed by atoms with Crippen LogP contribution in [0.5, 0.6) is 0 Å². The summed E-state index contributed by atoms with van der Waals surface area (Å²) in [6.07, 6.45) is 3.48. The molecule has 0 aliphatic carbocycles. The Labute approximate surface area is 79.8 Å². The van der Waals surface area contributed by atoms with Gasteiger partial charge in [-0.05, 0) is 12.1 Å². The van der Waals surface area contributed by atoms with Gasteiger partial charge in [0.25, 0.3) is 0 Å². The van der Waals surface area contributed by atoms with E-state index in [1.807, 2.05) is 34.9 Å². The van der Waals surface area contributed by atoms with Gasteiger partial charge >= 0.3 is 0 Å². The molecule has 0 atom stereocenters. The molecule has 2 aromatic heterocycles. The number of hydrogen-bond donors (Lipinski definition) is 0. The molecule has 3 nitrogen and oxygen atoms in total. The first-order chi connectivity index (χ1) is 6.88. The van der Waals surface area contributed by atoms with E-state index in [0.717, 1.165) is 16.6 Å². The zero-order valence-corrected chi connectivity index (χ0v) is 7.27. The van der Waals surface area contributed by atoms with Crippen molar-refractivity contribution in [3.05, 3.63) is 42.3 Å². The van der Waals surface area contributed by atoms with Crippen LogP contribution in [0.1, 0.15) is 5.56 Å². The molecule has 3 rings (SSSR count).